The number of amides is 2. The number of likely N-dealkylation sites (tertiary alicyclic amines) is 1. The molecule has 4 aromatic rings. The summed E-state index contributed by atoms with van der Waals surface area (Å²) in [5.41, 5.74) is 1.71. The van der Waals surface area contributed by atoms with Gasteiger partial charge in [0.25, 0.3) is 0 Å². The zero-order valence-corrected chi connectivity index (χ0v) is 25.8. The van der Waals surface area contributed by atoms with E-state index in [-0.39, 0.29) is 18.1 Å². The van der Waals surface area contributed by atoms with E-state index in [9.17, 15) is 4.79 Å². The lowest BCUT2D eigenvalue weighted by Gasteiger charge is -2.26. The van der Waals surface area contributed by atoms with Crippen molar-refractivity contribution in [1.29, 1.82) is 0 Å². The van der Waals surface area contributed by atoms with Gasteiger partial charge < -0.3 is 29.3 Å². The summed E-state index contributed by atoms with van der Waals surface area (Å²) in [6, 6.07) is 16.5. The van der Waals surface area contributed by atoms with E-state index in [1.807, 2.05) is 29.2 Å². The molecule has 11 heteroatoms. The number of pyridine rings is 1. The first-order chi connectivity index (χ1) is 22.0. The third-order valence-electron chi connectivity index (χ3n) is 7.87. The van der Waals surface area contributed by atoms with Crippen LogP contribution in [0.15, 0.2) is 79.3 Å². The van der Waals surface area contributed by atoms with E-state index < -0.39 is 11.8 Å². The third-order valence-corrected chi connectivity index (χ3v) is 8.19. The number of urea groups is 1. The topological polar surface area (TPSA) is 79.4 Å². The average molecular weight is 632 g/mol. The van der Waals surface area contributed by atoms with Crippen molar-refractivity contribution in [2.45, 2.75) is 25.7 Å². The Morgan fingerprint density at radius 2 is 1.82 bits per heavy atom. The number of methoxy groups -OCH3 is 1. The zero-order chi connectivity index (χ0) is 31.2. The molecule has 1 saturated heterocycles. The number of nitrogens with zero attached hydrogens (tertiary/aromatic N) is 4. The van der Waals surface area contributed by atoms with Gasteiger partial charge in [0.05, 0.1) is 29.9 Å². The van der Waals surface area contributed by atoms with Crippen LogP contribution in [0.2, 0.25) is 5.02 Å². The van der Waals surface area contributed by atoms with Crippen LogP contribution in [0.25, 0.3) is 10.9 Å². The molecule has 0 aliphatic carbocycles. The Balaban J connectivity index is 1.09. The molecule has 1 aromatic heterocycles. The molecule has 0 unspecified atom stereocenters. The van der Waals surface area contributed by atoms with E-state index in [1.165, 1.54) is 36.3 Å². The van der Waals surface area contributed by atoms with Crippen LogP contribution in [0.4, 0.5) is 20.6 Å². The number of hydrogen-bond acceptors (Lipinski definition) is 7. The minimum Gasteiger partial charge on any atom is -0.493 e. The number of piperidine rings is 1. The van der Waals surface area contributed by atoms with Crippen molar-refractivity contribution in [3.63, 3.8) is 0 Å². The number of halogens is 2. The van der Waals surface area contributed by atoms with E-state index >= 15 is 4.39 Å². The molecule has 1 N–H and O–H groups in total. The largest absolute Gasteiger partial charge is 0.493 e. The van der Waals surface area contributed by atoms with Gasteiger partial charge in [0, 0.05) is 48.3 Å². The smallest absolute Gasteiger partial charge is 0.327 e. The van der Waals surface area contributed by atoms with Gasteiger partial charge in [-0.3, -0.25) is 9.88 Å². The number of rotatable bonds is 10. The Labute approximate surface area is 266 Å². The van der Waals surface area contributed by atoms with Crippen LogP contribution >= 0.6 is 11.6 Å². The van der Waals surface area contributed by atoms with Gasteiger partial charge >= 0.3 is 6.03 Å². The molecule has 6 rings (SSSR count). The van der Waals surface area contributed by atoms with Crippen molar-refractivity contribution < 1.29 is 23.4 Å². The Morgan fingerprint density at radius 1 is 0.978 bits per heavy atom. The highest BCUT2D eigenvalue weighted by Crippen LogP contribution is 2.38. The van der Waals surface area contributed by atoms with Crippen LogP contribution in [0.5, 0.6) is 23.0 Å². The highest BCUT2D eigenvalue weighted by molar-refractivity contribution is 6.33. The standard InChI is InChI=1S/C34H35ClFN5O4/c1-43-32-21-25-28(22-33(32)44-19-7-16-39-14-5-2-6-15-39)37-13-12-30(25)45-31-11-10-24(20-27(31)36)38-34(42)41-18-17-40(23-41)29-9-4-3-8-26(29)35/h3-4,8-13,17-18,20-22H,2,5-7,14-16,19,23H2,1H3,(H,38,42). The number of carbonyl (C=O) groups is 1. The Hall–Kier alpha value is -4.54. The summed E-state index contributed by atoms with van der Waals surface area (Å²) in [7, 11) is 1.58. The molecular formula is C34H35ClFN5O4. The molecule has 45 heavy (non-hydrogen) atoms. The highest BCUT2D eigenvalue weighted by Gasteiger charge is 2.22. The van der Waals surface area contributed by atoms with Crippen molar-refractivity contribution in [3.8, 4) is 23.0 Å². The van der Waals surface area contributed by atoms with Crippen molar-refractivity contribution in [2.75, 3.05) is 50.2 Å². The number of benzene rings is 3. The molecule has 2 aliphatic heterocycles. The van der Waals surface area contributed by atoms with Gasteiger partial charge in [0.15, 0.2) is 23.1 Å². The second-order valence-electron chi connectivity index (χ2n) is 10.9. The predicted molar refractivity (Wildman–Crippen MR) is 174 cm³/mol. The summed E-state index contributed by atoms with van der Waals surface area (Å²) in [6.07, 6.45) is 9.77. The lowest BCUT2D eigenvalue weighted by atomic mass is 10.1. The predicted octanol–water partition coefficient (Wildman–Crippen LogP) is 7.87. The molecule has 3 aromatic carbocycles. The summed E-state index contributed by atoms with van der Waals surface area (Å²) in [6.45, 7) is 4.16. The van der Waals surface area contributed by atoms with Crippen LogP contribution in [0.3, 0.4) is 0 Å². The van der Waals surface area contributed by atoms with E-state index in [1.54, 1.807) is 50.0 Å². The Bertz CT molecular complexity index is 1700. The van der Waals surface area contributed by atoms with Crippen LogP contribution in [-0.2, 0) is 0 Å². The Morgan fingerprint density at radius 3 is 2.62 bits per heavy atom. The van der Waals surface area contributed by atoms with Crippen LogP contribution in [-0.4, -0.2) is 60.8 Å². The average Bonchev–Trinajstić information content (AvgIpc) is 3.55. The van der Waals surface area contributed by atoms with Gasteiger partial charge in [0.2, 0.25) is 0 Å². The zero-order valence-electron chi connectivity index (χ0n) is 25.0. The normalized spacial score (nSPS) is 15.0. The third kappa shape index (κ3) is 7.24. The number of ether oxygens (including phenoxy) is 3. The minimum atomic E-state index is -0.631. The number of nitrogens with one attached hydrogen (secondary N) is 1. The molecule has 0 spiro atoms. The molecule has 2 amide bonds. The minimum absolute atomic E-state index is 0.00321. The van der Waals surface area contributed by atoms with E-state index in [0.717, 1.165) is 31.7 Å². The number of anilines is 2. The molecule has 2 aliphatic rings. The first-order valence-corrected chi connectivity index (χ1v) is 15.4. The molecule has 0 atom stereocenters. The fourth-order valence-corrected chi connectivity index (χ4v) is 5.75. The van der Waals surface area contributed by atoms with Crippen LogP contribution in [0.1, 0.15) is 25.7 Å². The second-order valence-corrected chi connectivity index (χ2v) is 11.3. The monoisotopic (exact) mass is 631 g/mol. The fourth-order valence-electron chi connectivity index (χ4n) is 5.51. The van der Waals surface area contributed by atoms with E-state index in [2.05, 4.69) is 15.2 Å². The van der Waals surface area contributed by atoms with Gasteiger partial charge in [-0.05, 0) is 68.8 Å². The number of carbonyl (C=O) groups excluding carboxylic acids is 1. The summed E-state index contributed by atoms with van der Waals surface area (Å²) < 4.78 is 32.9. The van der Waals surface area contributed by atoms with Crippen LogP contribution < -0.4 is 24.4 Å². The number of aromatic nitrogens is 1. The van der Waals surface area contributed by atoms with E-state index in [0.29, 0.717) is 39.8 Å². The van der Waals surface area contributed by atoms with Gasteiger partial charge in [-0.25, -0.2) is 9.18 Å². The van der Waals surface area contributed by atoms with Gasteiger partial charge in [-0.2, -0.15) is 0 Å². The first-order valence-electron chi connectivity index (χ1n) is 15.0. The van der Waals surface area contributed by atoms with Gasteiger partial charge in [-0.15, -0.1) is 0 Å². The molecule has 0 radical (unpaired) electrons. The SMILES string of the molecule is COc1cc2c(Oc3ccc(NC(=O)N4C=CN(c5ccccc5Cl)C4)cc3F)ccnc2cc1OCCCN1CCCCC1. The molecule has 3 heterocycles. The number of fused-ring (bicyclic) bond motifs is 1. The van der Waals surface area contributed by atoms with Crippen LogP contribution in [0, 0.1) is 5.82 Å². The summed E-state index contributed by atoms with van der Waals surface area (Å²) in [5.74, 6) is 0.923. The summed E-state index contributed by atoms with van der Waals surface area (Å²) >= 11 is 6.29. The van der Waals surface area contributed by atoms with Crippen molar-refractivity contribution in [3.05, 3.63) is 90.1 Å². The molecular weight excluding hydrogens is 597 g/mol. The van der Waals surface area contributed by atoms with Gasteiger partial charge in [-0.1, -0.05) is 30.2 Å². The maximum atomic E-state index is 15.2. The number of para-hydroxylation sites is 1. The lowest BCUT2D eigenvalue weighted by molar-refractivity contribution is 0.203. The number of hydrogen-bond donors (Lipinski definition) is 1. The van der Waals surface area contributed by atoms with Gasteiger partial charge in [0.1, 0.15) is 12.4 Å². The quantitative estimate of drug-likeness (QED) is 0.178. The second kappa shape index (κ2) is 14.0. The molecule has 9 nitrogen and oxygen atoms in total. The molecule has 0 bridgehead atoms. The maximum absolute atomic E-state index is 15.2. The lowest BCUT2D eigenvalue weighted by Crippen LogP contribution is -2.33. The van der Waals surface area contributed by atoms with E-state index in [4.69, 9.17) is 25.8 Å². The van der Waals surface area contributed by atoms with Crippen molar-refractivity contribution in [2.24, 2.45) is 0 Å². The summed E-state index contributed by atoms with van der Waals surface area (Å²) in [5, 5.41) is 3.96. The molecule has 234 valence electrons. The van der Waals surface area contributed by atoms with Crippen molar-refractivity contribution >= 4 is 39.9 Å². The molecule has 1 fully saturated rings. The fraction of sp³-hybridized carbons (Fsp3) is 0.294. The molecule has 0 saturated carbocycles. The maximum Gasteiger partial charge on any atom is 0.327 e. The highest BCUT2D eigenvalue weighted by atomic mass is 35.5. The summed E-state index contributed by atoms with van der Waals surface area (Å²) in [4.78, 5) is 23.1. The first kappa shape index (κ1) is 30.5. The van der Waals surface area contributed by atoms with Crippen molar-refractivity contribution in [1.82, 2.24) is 14.8 Å². The Kier molecular flexibility index (Phi) is 9.52.